The third kappa shape index (κ3) is 6.75. The molecule has 0 radical (unpaired) electrons. The second-order valence-electron chi connectivity index (χ2n) is 7.85. The molecule has 0 fully saturated rings. The van der Waals surface area contributed by atoms with E-state index in [2.05, 4.69) is 46.0 Å². The van der Waals surface area contributed by atoms with E-state index in [9.17, 15) is 4.79 Å². The number of hydrogen-bond acceptors (Lipinski definition) is 3. The fraction of sp³-hybridized carbons (Fsp3) is 0.714. The van der Waals surface area contributed by atoms with Gasteiger partial charge in [0.1, 0.15) is 0 Å². The van der Waals surface area contributed by atoms with Crippen molar-refractivity contribution in [1.29, 1.82) is 0 Å². The van der Waals surface area contributed by atoms with Crippen molar-refractivity contribution in [2.75, 3.05) is 5.32 Å². The van der Waals surface area contributed by atoms with Gasteiger partial charge in [-0.1, -0.05) is 0 Å². The number of carbonyl (C=O) groups is 1. The molecule has 0 aliphatic heterocycles. The van der Waals surface area contributed by atoms with E-state index in [1.54, 1.807) is 0 Å². The molecule has 5 heteroatoms. The van der Waals surface area contributed by atoms with Crippen molar-refractivity contribution in [2.45, 2.75) is 92.5 Å². The zero-order valence-corrected chi connectivity index (χ0v) is 20.4. The fourth-order valence-electron chi connectivity index (χ4n) is 3.64. The molecule has 1 heterocycles. The number of carbonyl (C=O) groups excluding carboxylic acids is 1. The number of rotatable bonds is 13. The number of nitrogens with one attached hydrogen (secondary N) is 1. The molecule has 0 aromatic carbocycles. The number of hydrogen-bond donors (Lipinski definition) is 2. The van der Waals surface area contributed by atoms with E-state index in [-0.39, 0.29) is 6.04 Å². The fourth-order valence-corrected chi connectivity index (χ4v) is 19.0. The zero-order valence-electron chi connectivity index (χ0n) is 17.5. The van der Waals surface area contributed by atoms with E-state index in [1.165, 1.54) is 55.5 Å². The van der Waals surface area contributed by atoms with E-state index in [1.807, 2.05) is 6.07 Å². The standard InChI is InChI=1S/C9H12N3O.3C4H9.Sn/c1-6(2)12-9-7(8(10)13)4-3-5-11-9;3*1-3-4-2;/h3-4,6H,1-2H3,(H2,10,13)(H,11,12);3*1,3-4H2,2H3;. The first-order valence-corrected chi connectivity index (χ1v) is 18.0. The first-order valence-electron chi connectivity index (χ1n) is 10.5. The van der Waals surface area contributed by atoms with Crippen LogP contribution >= 0.6 is 0 Å². The number of nitrogens with zero attached hydrogens (tertiary/aromatic N) is 1. The van der Waals surface area contributed by atoms with Crippen molar-refractivity contribution in [3.8, 4) is 0 Å². The summed E-state index contributed by atoms with van der Waals surface area (Å²) < 4.78 is 5.45. The maximum atomic E-state index is 11.8. The molecule has 1 aromatic rings. The summed E-state index contributed by atoms with van der Waals surface area (Å²) in [5.74, 6) is 0.291. The van der Waals surface area contributed by atoms with Crippen LogP contribution in [0.25, 0.3) is 0 Å². The summed E-state index contributed by atoms with van der Waals surface area (Å²) in [5, 5.41) is 3.36. The molecular weight excluding hydrogens is 429 g/mol. The number of amides is 1. The molecule has 0 unspecified atom stereocenters. The van der Waals surface area contributed by atoms with Gasteiger partial charge in [-0.05, 0) is 0 Å². The van der Waals surface area contributed by atoms with Crippen LogP contribution < -0.4 is 14.8 Å². The van der Waals surface area contributed by atoms with Crippen LogP contribution in [0.4, 0.5) is 5.82 Å². The van der Waals surface area contributed by atoms with Crippen LogP contribution in [0.1, 0.15) is 83.5 Å². The van der Waals surface area contributed by atoms with Crippen LogP contribution in [0.15, 0.2) is 12.1 Å². The molecule has 0 saturated carbocycles. The molecule has 0 saturated heterocycles. The molecule has 26 heavy (non-hydrogen) atoms. The van der Waals surface area contributed by atoms with Crippen LogP contribution in [0.3, 0.4) is 0 Å². The normalized spacial score (nSPS) is 11.8. The van der Waals surface area contributed by atoms with Crippen LogP contribution in [0.5, 0.6) is 0 Å². The first kappa shape index (κ1) is 23.3. The SMILES string of the molecule is CCC[CH2][Sn]([CH2]CCC)([CH2]CCC)[c]1ccc(C(N)=O)c(NC(C)C)n1. The van der Waals surface area contributed by atoms with Gasteiger partial charge in [-0.15, -0.1) is 0 Å². The van der Waals surface area contributed by atoms with Crippen molar-refractivity contribution >= 4 is 33.8 Å². The monoisotopic (exact) mass is 469 g/mol. The Bertz CT molecular complexity index is 538. The van der Waals surface area contributed by atoms with Gasteiger partial charge in [-0.25, -0.2) is 0 Å². The molecule has 148 valence electrons. The number of anilines is 1. The van der Waals surface area contributed by atoms with Gasteiger partial charge in [0.15, 0.2) is 0 Å². The van der Waals surface area contributed by atoms with Crippen molar-refractivity contribution in [3.05, 3.63) is 17.7 Å². The molecule has 0 atom stereocenters. The van der Waals surface area contributed by atoms with E-state index < -0.39 is 24.3 Å². The summed E-state index contributed by atoms with van der Waals surface area (Å²) in [6.45, 7) is 11.0. The summed E-state index contributed by atoms with van der Waals surface area (Å²) >= 11 is -2.59. The Morgan fingerprint density at radius 1 is 1.04 bits per heavy atom. The average molecular weight is 468 g/mol. The van der Waals surface area contributed by atoms with E-state index >= 15 is 0 Å². The van der Waals surface area contributed by atoms with Crippen molar-refractivity contribution in [3.63, 3.8) is 0 Å². The third-order valence-electron chi connectivity index (χ3n) is 5.16. The van der Waals surface area contributed by atoms with Crippen LogP contribution in [0, 0.1) is 0 Å². The summed E-state index contributed by atoms with van der Waals surface area (Å²) in [7, 11) is 0. The molecule has 1 rings (SSSR count). The maximum absolute atomic E-state index is 11.8. The Labute approximate surface area is 164 Å². The average Bonchev–Trinajstić information content (AvgIpc) is 2.60. The summed E-state index contributed by atoms with van der Waals surface area (Å²) in [6, 6.07) is 4.29. The summed E-state index contributed by atoms with van der Waals surface area (Å²) in [5.41, 5.74) is 6.11. The first-order chi connectivity index (χ1) is 12.4. The number of pyridine rings is 1. The minimum absolute atomic E-state index is 0.224. The number of aromatic nitrogens is 1. The van der Waals surface area contributed by atoms with Gasteiger partial charge in [0.05, 0.1) is 0 Å². The minimum atomic E-state index is -2.59. The van der Waals surface area contributed by atoms with E-state index in [0.717, 1.165) is 0 Å². The van der Waals surface area contributed by atoms with Crippen LogP contribution in [0.2, 0.25) is 13.3 Å². The molecule has 1 aromatic heterocycles. The molecular formula is C21H39N3OSn. The Morgan fingerprint density at radius 2 is 1.54 bits per heavy atom. The summed E-state index contributed by atoms with van der Waals surface area (Å²) in [4.78, 5) is 16.9. The van der Waals surface area contributed by atoms with Crippen LogP contribution in [-0.2, 0) is 0 Å². The molecule has 1 amide bonds. The Kier molecular flexibility index (Phi) is 10.6. The predicted molar refractivity (Wildman–Crippen MR) is 116 cm³/mol. The van der Waals surface area contributed by atoms with E-state index in [0.29, 0.717) is 11.4 Å². The molecule has 4 nitrogen and oxygen atoms in total. The molecule has 3 N–H and O–H groups in total. The zero-order chi connectivity index (χ0) is 19.6. The van der Waals surface area contributed by atoms with Gasteiger partial charge in [-0.2, -0.15) is 0 Å². The Balaban J connectivity index is 3.38. The van der Waals surface area contributed by atoms with Gasteiger partial charge in [0.2, 0.25) is 0 Å². The van der Waals surface area contributed by atoms with Crippen molar-refractivity contribution in [1.82, 2.24) is 4.98 Å². The Hall–Kier alpha value is -0.781. The quantitative estimate of drug-likeness (QED) is 0.398. The molecule has 0 bridgehead atoms. The molecule has 0 spiro atoms. The van der Waals surface area contributed by atoms with Gasteiger partial charge in [0, 0.05) is 0 Å². The van der Waals surface area contributed by atoms with Gasteiger partial charge < -0.3 is 0 Å². The van der Waals surface area contributed by atoms with Gasteiger partial charge in [-0.3, -0.25) is 0 Å². The second-order valence-corrected chi connectivity index (χ2v) is 20.9. The van der Waals surface area contributed by atoms with Crippen molar-refractivity contribution in [2.24, 2.45) is 5.73 Å². The van der Waals surface area contributed by atoms with Gasteiger partial charge >= 0.3 is 165 Å². The van der Waals surface area contributed by atoms with Gasteiger partial charge in [0.25, 0.3) is 0 Å². The second kappa shape index (κ2) is 11.8. The number of unbranched alkanes of at least 4 members (excludes halogenated alkanes) is 3. The third-order valence-corrected chi connectivity index (χ3v) is 20.3. The Morgan fingerprint density at radius 3 is 1.92 bits per heavy atom. The molecule has 0 aliphatic rings. The predicted octanol–water partition coefficient (Wildman–Crippen LogP) is 5.06. The van der Waals surface area contributed by atoms with Crippen molar-refractivity contribution < 1.29 is 4.79 Å². The van der Waals surface area contributed by atoms with E-state index in [4.69, 9.17) is 10.7 Å². The molecule has 0 aliphatic carbocycles. The van der Waals surface area contributed by atoms with Crippen LogP contribution in [-0.4, -0.2) is 35.3 Å². The summed E-state index contributed by atoms with van der Waals surface area (Å²) in [6.07, 6.45) is 7.63. The number of primary amides is 1. The number of nitrogens with two attached hydrogens (primary N) is 1. The topological polar surface area (TPSA) is 68.0 Å².